The third kappa shape index (κ3) is 1.98. The fourth-order valence-corrected chi connectivity index (χ4v) is 2.57. The zero-order chi connectivity index (χ0) is 11.0. The van der Waals surface area contributed by atoms with Gasteiger partial charge in [0.1, 0.15) is 10.8 Å². The van der Waals surface area contributed by atoms with Crippen LogP contribution in [0, 0.1) is 12.8 Å². The Balaban J connectivity index is 2.25. The van der Waals surface area contributed by atoms with E-state index in [1.54, 1.807) is 0 Å². The number of halogens is 1. The average molecular weight is 228 g/mol. The summed E-state index contributed by atoms with van der Waals surface area (Å²) in [4.78, 5) is 0. The second-order valence-corrected chi connectivity index (χ2v) is 5.03. The van der Waals surface area contributed by atoms with Crippen LogP contribution in [0.3, 0.4) is 0 Å². The van der Waals surface area contributed by atoms with Gasteiger partial charge in [-0.2, -0.15) is 5.10 Å². The quantitative estimate of drug-likeness (QED) is 0.801. The van der Waals surface area contributed by atoms with Crippen molar-refractivity contribution in [2.45, 2.75) is 45.6 Å². The first-order valence-corrected chi connectivity index (χ1v) is 5.97. The molecule has 1 aliphatic carbocycles. The van der Waals surface area contributed by atoms with Gasteiger partial charge in [0.25, 0.3) is 0 Å². The van der Waals surface area contributed by atoms with Gasteiger partial charge in [0.05, 0.1) is 11.7 Å². The molecule has 2 N–H and O–H groups in total. The van der Waals surface area contributed by atoms with Gasteiger partial charge < -0.3 is 5.73 Å². The van der Waals surface area contributed by atoms with Crippen LogP contribution in [0.4, 0.5) is 5.82 Å². The number of aromatic nitrogens is 2. The molecular formula is C11H18ClN3. The number of aryl methyl sites for hydroxylation is 1. The van der Waals surface area contributed by atoms with Crippen LogP contribution in [0.15, 0.2) is 0 Å². The van der Waals surface area contributed by atoms with Gasteiger partial charge in [0, 0.05) is 0 Å². The maximum atomic E-state index is 6.05. The standard InChI is InChI=1S/C11H18ClN3/c1-7-4-3-5-9(6-7)15-11(13)10(12)8(2)14-15/h7,9H,3-6,13H2,1-2H3. The van der Waals surface area contributed by atoms with Crippen molar-refractivity contribution < 1.29 is 0 Å². The largest absolute Gasteiger partial charge is 0.383 e. The molecule has 84 valence electrons. The van der Waals surface area contributed by atoms with E-state index in [2.05, 4.69) is 12.0 Å². The van der Waals surface area contributed by atoms with Crippen LogP contribution in [-0.2, 0) is 0 Å². The van der Waals surface area contributed by atoms with E-state index in [0.717, 1.165) is 11.6 Å². The first kappa shape index (κ1) is 10.8. The van der Waals surface area contributed by atoms with E-state index in [1.165, 1.54) is 25.7 Å². The van der Waals surface area contributed by atoms with E-state index in [1.807, 2.05) is 11.6 Å². The molecular weight excluding hydrogens is 210 g/mol. The predicted molar refractivity (Wildman–Crippen MR) is 63.1 cm³/mol. The second kappa shape index (κ2) is 4.05. The number of hydrogen-bond donors (Lipinski definition) is 1. The maximum absolute atomic E-state index is 6.05. The first-order valence-electron chi connectivity index (χ1n) is 5.59. The summed E-state index contributed by atoms with van der Waals surface area (Å²) in [7, 11) is 0. The van der Waals surface area contributed by atoms with Crippen LogP contribution in [0.25, 0.3) is 0 Å². The van der Waals surface area contributed by atoms with Crippen LogP contribution in [0.2, 0.25) is 5.02 Å². The van der Waals surface area contributed by atoms with E-state index < -0.39 is 0 Å². The van der Waals surface area contributed by atoms with Crippen molar-refractivity contribution in [2.75, 3.05) is 5.73 Å². The van der Waals surface area contributed by atoms with Crippen molar-refractivity contribution in [3.05, 3.63) is 10.7 Å². The molecule has 1 aliphatic rings. The van der Waals surface area contributed by atoms with E-state index >= 15 is 0 Å². The molecule has 1 fully saturated rings. The lowest BCUT2D eigenvalue weighted by atomic mass is 9.87. The van der Waals surface area contributed by atoms with Crippen molar-refractivity contribution >= 4 is 17.4 Å². The minimum absolute atomic E-state index is 0.444. The summed E-state index contributed by atoms with van der Waals surface area (Å²) in [5.41, 5.74) is 6.79. The SMILES string of the molecule is Cc1nn(C2CCCC(C)C2)c(N)c1Cl. The fourth-order valence-electron chi connectivity index (χ4n) is 2.45. The molecule has 4 heteroatoms. The molecule has 1 saturated carbocycles. The van der Waals surface area contributed by atoms with Crippen molar-refractivity contribution in [3.63, 3.8) is 0 Å². The number of anilines is 1. The van der Waals surface area contributed by atoms with E-state index in [0.29, 0.717) is 16.9 Å². The third-order valence-corrected chi connectivity index (χ3v) is 3.77. The molecule has 2 rings (SSSR count). The number of nitrogen functional groups attached to an aromatic ring is 1. The third-order valence-electron chi connectivity index (χ3n) is 3.30. The van der Waals surface area contributed by atoms with Crippen LogP contribution in [-0.4, -0.2) is 9.78 Å². The molecule has 3 nitrogen and oxygen atoms in total. The van der Waals surface area contributed by atoms with Crippen LogP contribution < -0.4 is 5.73 Å². The van der Waals surface area contributed by atoms with Gasteiger partial charge in [-0.15, -0.1) is 0 Å². The average Bonchev–Trinajstić information content (AvgIpc) is 2.46. The van der Waals surface area contributed by atoms with Gasteiger partial charge in [-0.25, -0.2) is 4.68 Å². The van der Waals surface area contributed by atoms with Gasteiger partial charge in [-0.3, -0.25) is 0 Å². The predicted octanol–water partition coefficient (Wildman–Crippen LogP) is 3.18. The lowest BCUT2D eigenvalue weighted by Gasteiger charge is -2.27. The minimum Gasteiger partial charge on any atom is -0.383 e. The van der Waals surface area contributed by atoms with Gasteiger partial charge in [0.2, 0.25) is 0 Å². The van der Waals surface area contributed by atoms with Crippen LogP contribution in [0.1, 0.15) is 44.3 Å². The normalized spacial score (nSPS) is 26.9. The van der Waals surface area contributed by atoms with E-state index in [9.17, 15) is 0 Å². The Morgan fingerprint density at radius 2 is 2.20 bits per heavy atom. The van der Waals surface area contributed by atoms with Crippen molar-refractivity contribution in [2.24, 2.45) is 5.92 Å². The Hall–Kier alpha value is -0.700. The highest BCUT2D eigenvalue weighted by Crippen LogP contribution is 2.35. The van der Waals surface area contributed by atoms with Crippen molar-refractivity contribution in [3.8, 4) is 0 Å². The highest BCUT2D eigenvalue weighted by atomic mass is 35.5. The summed E-state index contributed by atoms with van der Waals surface area (Å²) in [5.74, 6) is 1.40. The zero-order valence-corrected chi connectivity index (χ0v) is 10.1. The smallest absolute Gasteiger partial charge is 0.141 e. The van der Waals surface area contributed by atoms with Crippen LogP contribution in [0.5, 0.6) is 0 Å². The molecule has 0 aliphatic heterocycles. The molecule has 0 bridgehead atoms. The molecule has 0 aromatic carbocycles. The monoisotopic (exact) mass is 227 g/mol. The summed E-state index contributed by atoms with van der Waals surface area (Å²) < 4.78 is 1.92. The Morgan fingerprint density at radius 3 is 2.73 bits per heavy atom. The molecule has 2 atom stereocenters. The van der Waals surface area contributed by atoms with Crippen molar-refractivity contribution in [1.29, 1.82) is 0 Å². The number of nitrogens with two attached hydrogens (primary N) is 1. The Bertz CT molecular complexity index is 359. The highest BCUT2D eigenvalue weighted by Gasteiger charge is 2.24. The van der Waals surface area contributed by atoms with Crippen molar-refractivity contribution in [1.82, 2.24) is 9.78 Å². The highest BCUT2D eigenvalue weighted by molar-refractivity contribution is 6.33. The molecule has 1 aromatic heterocycles. The summed E-state index contributed by atoms with van der Waals surface area (Å²) >= 11 is 6.05. The summed E-state index contributed by atoms with van der Waals surface area (Å²) in [6.45, 7) is 4.20. The van der Waals surface area contributed by atoms with Crippen LogP contribution >= 0.6 is 11.6 Å². The van der Waals surface area contributed by atoms with Gasteiger partial charge in [-0.1, -0.05) is 31.4 Å². The first-order chi connectivity index (χ1) is 7.09. The fraction of sp³-hybridized carbons (Fsp3) is 0.727. The zero-order valence-electron chi connectivity index (χ0n) is 9.33. The molecule has 1 heterocycles. The maximum Gasteiger partial charge on any atom is 0.141 e. The lowest BCUT2D eigenvalue weighted by Crippen LogP contribution is -2.20. The van der Waals surface area contributed by atoms with E-state index in [-0.39, 0.29) is 0 Å². The molecule has 0 amide bonds. The summed E-state index contributed by atoms with van der Waals surface area (Å²) in [6.07, 6.45) is 4.93. The molecule has 0 saturated heterocycles. The lowest BCUT2D eigenvalue weighted by molar-refractivity contribution is 0.268. The number of rotatable bonds is 1. The van der Waals surface area contributed by atoms with Gasteiger partial charge >= 0.3 is 0 Å². The second-order valence-electron chi connectivity index (χ2n) is 4.65. The summed E-state index contributed by atoms with van der Waals surface area (Å²) in [5, 5.41) is 5.05. The molecule has 1 aromatic rings. The Labute approximate surface area is 95.6 Å². The topological polar surface area (TPSA) is 43.8 Å². The molecule has 0 spiro atoms. The summed E-state index contributed by atoms with van der Waals surface area (Å²) in [6, 6.07) is 0.444. The minimum atomic E-state index is 0.444. The molecule has 15 heavy (non-hydrogen) atoms. The van der Waals surface area contributed by atoms with Gasteiger partial charge in [-0.05, 0) is 25.7 Å². The Kier molecular flexibility index (Phi) is 2.91. The van der Waals surface area contributed by atoms with E-state index in [4.69, 9.17) is 17.3 Å². The molecule has 0 radical (unpaired) electrons. The van der Waals surface area contributed by atoms with Gasteiger partial charge in [0.15, 0.2) is 0 Å². The number of hydrogen-bond acceptors (Lipinski definition) is 2. The number of nitrogens with zero attached hydrogens (tertiary/aromatic N) is 2. The Morgan fingerprint density at radius 1 is 1.47 bits per heavy atom. The molecule has 2 unspecified atom stereocenters.